The van der Waals surface area contributed by atoms with Crippen molar-refractivity contribution in [3.05, 3.63) is 33.8 Å². The second-order valence-corrected chi connectivity index (χ2v) is 4.67. The van der Waals surface area contributed by atoms with Crippen LogP contribution >= 0.6 is 15.9 Å². The van der Waals surface area contributed by atoms with Crippen molar-refractivity contribution in [2.75, 3.05) is 0 Å². The number of carbonyl (C=O) groups excluding carboxylic acids is 1. The summed E-state index contributed by atoms with van der Waals surface area (Å²) in [5.74, 6) is -0.519. The van der Waals surface area contributed by atoms with Crippen LogP contribution in [0.25, 0.3) is 0 Å². The van der Waals surface area contributed by atoms with Crippen molar-refractivity contribution < 1.29 is 13.6 Å². The van der Waals surface area contributed by atoms with Gasteiger partial charge >= 0.3 is 0 Å². The molecule has 0 amide bonds. The first-order valence-electron chi connectivity index (χ1n) is 5.53. The smallest absolute Gasteiger partial charge is 0.282 e. The molecule has 2 aromatic heterocycles. The van der Waals surface area contributed by atoms with Gasteiger partial charge in [-0.25, -0.2) is 8.78 Å². The fourth-order valence-corrected chi connectivity index (χ4v) is 2.23. The van der Waals surface area contributed by atoms with E-state index in [9.17, 15) is 13.6 Å². The summed E-state index contributed by atoms with van der Waals surface area (Å²) < 4.78 is 28.9. The molecule has 2 aromatic rings. The molecule has 0 saturated heterocycles. The molecule has 19 heavy (non-hydrogen) atoms. The number of rotatable bonds is 4. The van der Waals surface area contributed by atoms with Gasteiger partial charge in [-0.1, -0.05) is 0 Å². The maximum absolute atomic E-state index is 12.9. The van der Waals surface area contributed by atoms with Gasteiger partial charge in [0.25, 0.3) is 6.43 Å². The van der Waals surface area contributed by atoms with Crippen LogP contribution in [-0.4, -0.2) is 25.3 Å². The van der Waals surface area contributed by atoms with E-state index in [1.54, 1.807) is 14.0 Å². The Labute approximate surface area is 116 Å². The zero-order valence-corrected chi connectivity index (χ0v) is 11.9. The molecule has 0 aromatic carbocycles. The monoisotopic (exact) mass is 332 g/mol. The van der Waals surface area contributed by atoms with E-state index in [0.717, 1.165) is 0 Å². The molecule has 0 aliphatic rings. The summed E-state index contributed by atoms with van der Waals surface area (Å²) >= 11 is 3.13. The summed E-state index contributed by atoms with van der Waals surface area (Å²) in [6, 6.07) is 0. The highest BCUT2D eigenvalue weighted by Crippen LogP contribution is 2.25. The normalized spacial score (nSPS) is 11.3. The van der Waals surface area contributed by atoms with Crippen LogP contribution in [0, 0.1) is 0 Å². The highest BCUT2D eigenvalue weighted by atomic mass is 79.9. The molecule has 102 valence electrons. The van der Waals surface area contributed by atoms with Crippen molar-refractivity contribution in [2.45, 2.75) is 19.9 Å². The van der Waals surface area contributed by atoms with Gasteiger partial charge in [-0.3, -0.25) is 14.2 Å². The Morgan fingerprint density at radius 2 is 2.05 bits per heavy atom. The zero-order chi connectivity index (χ0) is 14.2. The Kier molecular flexibility index (Phi) is 3.79. The minimum atomic E-state index is -2.79. The first-order valence-corrected chi connectivity index (χ1v) is 6.32. The average molecular weight is 333 g/mol. The van der Waals surface area contributed by atoms with E-state index in [1.165, 1.54) is 21.8 Å². The first-order chi connectivity index (χ1) is 8.93. The second kappa shape index (κ2) is 5.20. The molecule has 0 saturated carbocycles. The van der Waals surface area contributed by atoms with Crippen molar-refractivity contribution in [1.82, 2.24) is 19.6 Å². The molecule has 0 spiro atoms. The summed E-state index contributed by atoms with van der Waals surface area (Å²) in [6.07, 6.45) is 0.0241. The molecular formula is C11H11BrF2N4O. The number of aryl methyl sites for hydroxylation is 2. The molecule has 0 N–H and O–H groups in total. The maximum atomic E-state index is 12.9. The molecule has 0 bridgehead atoms. The number of alkyl halides is 2. The van der Waals surface area contributed by atoms with E-state index in [0.29, 0.717) is 11.1 Å². The standard InChI is InChI=1S/C11H11BrF2N4O/c1-3-18-5-6(8(15-18)11(13)14)9(19)7-4-17(2)16-10(7)12/h4-5,11H,3H2,1-2H3. The Bertz CT molecular complexity index is 620. The largest absolute Gasteiger partial charge is 0.288 e. The SMILES string of the molecule is CCn1cc(C(=O)c2cn(C)nc2Br)c(C(F)F)n1. The lowest BCUT2D eigenvalue weighted by Gasteiger charge is -1.98. The Hall–Kier alpha value is -1.57. The Balaban J connectivity index is 2.49. The van der Waals surface area contributed by atoms with Gasteiger partial charge < -0.3 is 0 Å². The zero-order valence-electron chi connectivity index (χ0n) is 10.3. The van der Waals surface area contributed by atoms with Crippen molar-refractivity contribution in [3.8, 4) is 0 Å². The van der Waals surface area contributed by atoms with Crippen molar-refractivity contribution >= 4 is 21.7 Å². The summed E-state index contributed by atoms with van der Waals surface area (Å²) in [5, 5.41) is 7.67. The van der Waals surface area contributed by atoms with Gasteiger partial charge in [0.2, 0.25) is 5.78 Å². The predicted octanol–water partition coefficient (Wildman–Crippen LogP) is 2.57. The third-order valence-corrected chi connectivity index (χ3v) is 3.18. The van der Waals surface area contributed by atoms with Crippen LogP contribution in [0.3, 0.4) is 0 Å². The number of aromatic nitrogens is 4. The van der Waals surface area contributed by atoms with Gasteiger partial charge in [-0.05, 0) is 22.9 Å². The predicted molar refractivity (Wildman–Crippen MR) is 67.2 cm³/mol. The summed E-state index contributed by atoms with van der Waals surface area (Å²) in [7, 11) is 1.64. The van der Waals surface area contributed by atoms with E-state index < -0.39 is 17.9 Å². The van der Waals surface area contributed by atoms with Crippen LogP contribution < -0.4 is 0 Å². The first kappa shape index (κ1) is 13.9. The number of nitrogens with zero attached hydrogens (tertiary/aromatic N) is 4. The van der Waals surface area contributed by atoms with Crippen LogP contribution in [-0.2, 0) is 13.6 Å². The second-order valence-electron chi connectivity index (χ2n) is 3.92. The van der Waals surface area contributed by atoms with Crippen molar-refractivity contribution in [1.29, 1.82) is 0 Å². The van der Waals surface area contributed by atoms with Crippen LogP contribution in [0.15, 0.2) is 17.0 Å². The quantitative estimate of drug-likeness (QED) is 0.808. The van der Waals surface area contributed by atoms with Crippen LogP contribution in [0.2, 0.25) is 0 Å². The molecule has 5 nitrogen and oxygen atoms in total. The van der Waals surface area contributed by atoms with Gasteiger partial charge in [0.15, 0.2) is 0 Å². The molecule has 0 unspecified atom stereocenters. The average Bonchev–Trinajstić information content (AvgIpc) is 2.91. The number of carbonyl (C=O) groups is 1. The van der Waals surface area contributed by atoms with E-state index >= 15 is 0 Å². The summed E-state index contributed by atoms with van der Waals surface area (Å²) in [5.41, 5.74) is -0.354. The fraction of sp³-hybridized carbons (Fsp3) is 0.364. The molecular weight excluding hydrogens is 322 g/mol. The summed E-state index contributed by atoms with van der Waals surface area (Å²) in [6.45, 7) is 2.18. The van der Waals surface area contributed by atoms with E-state index in [4.69, 9.17) is 0 Å². The minimum Gasteiger partial charge on any atom is -0.288 e. The molecule has 0 radical (unpaired) electrons. The fourth-order valence-electron chi connectivity index (χ4n) is 1.69. The van der Waals surface area contributed by atoms with E-state index in [-0.39, 0.29) is 11.1 Å². The molecule has 0 atom stereocenters. The van der Waals surface area contributed by atoms with Crippen LogP contribution in [0.4, 0.5) is 8.78 Å². The van der Waals surface area contributed by atoms with Crippen LogP contribution in [0.5, 0.6) is 0 Å². The third-order valence-electron chi connectivity index (χ3n) is 2.59. The Morgan fingerprint density at radius 3 is 2.53 bits per heavy atom. The van der Waals surface area contributed by atoms with Gasteiger partial charge in [0.1, 0.15) is 10.3 Å². The lowest BCUT2D eigenvalue weighted by molar-refractivity contribution is 0.102. The van der Waals surface area contributed by atoms with Gasteiger partial charge in [-0.2, -0.15) is 10.2 Å². The minimum absolute atomic E-state index is 0.0921. The number of halogens is 3. The lowest BCUT2D eigenvalue weighted by atomic mass is 10.1. The molecule has 0 aliphatic carbocycles. The van der Waals surface area contributed by atoms with Gasteiger partial charge in [0.05, 0.1) is 11.1 Å². The number of hydrogen-bond acceptors (Lipinski definition) is 3. The van der Waals surface area contributed by atoms with E-state index in [1.807, 2.05) is 0 Å². The van der Waals surface area contributed by atoms with Gasteiger partial charge in [-0.15, -0.1) is 0 Å². The topological polar surface area (TPSA) is 52.7 Å². The molecule has 2 heterocycles. The van der Waals surface area contributed by atoms with Gasteiger partial charge in [0, 0.05) is 26.0 Å². The number of ketones is 1. The summed E-state index contributed by atoms with van der Waals surface area (Å²) in [4.78, 5) is 12.3. The highest BCUT2D eigenvalue weighted by Gasteiger charge is 2.26. The molecule has 8 heteroatoms. The maximum Gasteiger partial charge on any atom is 0.282 e. The molecule has 2 rings (SSSR count). The van der Waals surface area contributed by atoms with E-state index in [2.05, 4.69) is 26.1 Å². The number of hydrogen-bond donors (Lipinski definition) is 0. The highest BCUT2D eigenvalue weighted by molar-refractivity contribution is 9.10. The molecule has 0 aliphatic heterocycles. The van der Waals surface area contributed by atoms with Crippen molar-refractivity contribution in [3.63, 3.8) is 0 Å². The third kappa shape index (κ3) is 2.58. The Morgan fingerprint density at radius 1 is 1.37 bits per heavy atom. The van der Waals surface area contributed by atoms with Crippen LogP contribution in [0.1, 0.15) is 35.0 Å². The van der Waals surface area contributed by atoms with Crippen molar-refractivity contribution in [2.24, 2.45) is 7.05 Å². The lowest BCUT2D eigenvalue weighted by Crippen LogP contribution is -2.04. The molecule has 0 fully saturated rings.